The number of imidazole rings is 1. The minimum absolute atomic E-state index is 0.0532. The summed E-state index contributed by atoms with van der Waals surface area (Å²) in [5, 5.41) is 10.2. The molecular weight excluding hydrogens is 484 g/mol. The zero-order chi connectivity index (χ0) is 24.5. The van der Waals surface area contributed by atoms with Crippen molar-refractivity contribution in [1.82, 2.24) is 15.0 Å². The minimum Gasteiger partial charge on any atom is -0.456 e. The number of aromatic amines is 1. The van der Waals surface area contributed by atoms with Gasteiger partial charge in [-0.25, -0.2) is 13.8 Å². The molecule has 1 aromatic carbocycles. The molecule has 2 aliphatic rings. The van der Waals surface area contributed by atoms with Crippen LogP contribution in [-0.2, 0) is 27.1 Å². The number of fused-ring (bicyclic) bond motifs is 2. The molecule has 8 nitrogen and oxygen atoms in total. The van der Waals surface area contributed by atoms with Crippen LogP contribution in [0.4, 0.5) is 8.78 Å². The summed E-state index contributed by atoms with van der Waals surface area (Å²) in [6.45, 7) is 0.627. The summed E-state index contributed by atoms with van der Waals surface area (Å²) in [5.74, 6) is 3.96. The fourth-order valence-corrected chi connectivity index (χ4v) is 4.47. The number of pyridine rings is 1. The molecule has 0 bridgehead atoms. The highest BCUT2D eigenvalue weighted by Gasteiger charge is 2.48. The van der Waals surface area contributed by atoms with Crippen molar-refractivity contribution in [3.05, 3.63) is 51.7 Å². The van der Waals surface area contributed by atoms with Gasteiger partial charge in [-0.1, -0.05) is 23.4 Å². The number of ether oxygens (including phenoxy) is 4. The van der Waals surface area contributed by atoms with E-state index in [9.17, 15) is 13.9 Å². The molecule has 11 heteroatoms. The molecule has 0 saturated carbocycles. The van der Waals surface area contributed by atoms with Gasteiger partial charge >= 0.3 is 0 Å². The predicted molar refractivity (Wildman–Crippen MR) is 121 cm³/mol. The molecule has 35 heavy (non-hydrogen) atoms. The van der Waals surface area contributed by atoms with Gasteiger partial charge in [-0.05, 0) is 31.0 Å². The van der Waals surface area contributed by atoms with Gasteiger partial charge in [-0.15, -0.1) is 0 Å². The van der Waals surface area contributed by atoms with Crippen molar-refractivity contribution in [3.63, 3.8) is 0 Å². The Bertz CT molecular complexity index is 1280. The van der Waals surface area contributed by atoms with Crippen LogP contribution in [0.2, 0.25) is 5.02 Å². The number of aryl methyl sites for hydroxylation is 1. The molecule has 4 atom stereocenters. The molecule has 0 radical (unpaired) electrons. The van der Waals surface area contributed by atoms with E-state index in [1.54, 1.807) is 6.07 Å². The Hall–Kier alpha value is -2.81. The number of hydrogen-bond donors (Lipinski definition) is 2. The van der Waals surface area contributed by atoms with Gasteiger partial charge in [-0.2, -0.15) is 4.98 Å². The van der Waals surface area contributed by atoms with Crippen LogP contribution in [0.25, 0.3) is 11.2 Å². The van der Waals surface area contributed by atoms with Crippen LogP contribution in [0, 0.1) is 23.5 Å². The number of rotatable bonds is 6. The Morgan fingerprint density at radius 2 is 1.91 bits per heavy atom. The van der Waals surface area contributed by atoms with Gasteiger partial charge in [0.2, 0.25) is 0 Å². The number of benzene rings is 1. The number of nitrogens with one attached hydrogen (secondary N) is 1. The average Bonchev–Trinajstić information content (AvgIpc) is 3.50. The molecule has 4 heterocycles. The number of hydrogen-bond acceptors (Lipinski definition) is 7. The van der Waals surface area contributed by atoms with E-state index in [4.69, 9.17) is 30.5 Å². The van der Waals surface area contributed by atoms with Crippen LogP contribution >= 0.6 is 11.6 Å². The summed E-state index contributed by atoms with van der Waals surface area (Å²) >= 11 is 6.38. The van der Waals surface area contributed by atoms with E-state index < -0.39 is 29.9 Å². The number of nitrogens with zero attached hydrogens (tertiary/aromatic N) is 2. The Kier molecular flexibility index (Phi) is 6.86. The lowest BCUT2D eigenvalue weighted by Crippen LogP contribution is -2.34. The van der Waals surface area contributed by atoms with Crippen molar-refractivity contribution in [1.29, 1.82) is 0 Å². The quantitative estimate of drug-likeness (QED) is 0.497. The van der Waals surface area contributed by atoms with Crippen molar-refractivity contribution in [2.24, 2.45) is 0 Å². The highest BCUT2D eigenvalue weighted by Crippen LogP contribution is 2.30. The lowest BCUT2D eigenvalue weighted by molar-refractivity contribution is 0.00706. The molecule has 0 aliphatic carbocycles. The smallest absolute Gasteiger partial charge is 0.296 e. The van der Waals surface area contributed by atoms with E-state index in [-0.39, 0.29) is 55.9 Å². The van der Waals surface area contributed by atoms with E-state index in [0.29, 0.717) is 21.9 Å². The maximum Gasteiger partial charge on any atom is 0.296 e. The minimum atomic E-state index is -0.685. The number of aliphatic hydroxyl groups is 1. The fraction of sp³-hybridized carbons (Fsp3) is 0.417. The van der Waals surface area contributed by atoms with E-state index >= 15 is 0 Å². The zero-order valence-corrected chi connectivity index (χ0v) is 19.4. The van der Waals surface area contributed by atoms with Crippen molar-refractivity contribution >= 4 is 22.8 Å². The van der Waals surface area contributed by atoms with E-state index in [1.807, 2.05) is 0 Å². The summed E-state index contributed by atoms with van der Waals surface area (Å²) in [4.78, 5) is 11.8. The van der Waals surface area contributed by atoms with Gasteiger partial charge in [0.25, 0.3) is 6.01 Å². The molecule has 2 fully saturated rings. The van der Waals surface area contributed by atoms with Crippen LogP contribution in [-0.4, -0.2) is 71.4 Å². The predicted octanol–water partition coefficient (Wildman–Crippen LogP) is 2.58. The van der Waals surface area contributed by atoms with Crippen molar-refractivity contribution in [2.75, 3.05) is 26.9 Å². The number of methoxy groups -OCH3 is 1. The molecular formula is C24H22ClF2N3O5. The second-order valence-corrected chi connectivity index (χ2v) is 8.71. The molecule has 3 aromatic rings. The second kappa shape index (κ2) is 10.0. The molecule has 2 aromatic heterocycles. The lowest BCUT2D eigenvalue weighted by atomic mass is 10.0. The maximum atomic E-state index is 14.5. The monoisotopic (exact) mass is 505 g/mol. The van der Waals surface area contributed by atoms with Gasteiger partial charge < -0.3 is 29.0 Å². The summed E-state index contributed by atoms with van der Waals surface area (Å²) in [7, 11) is 1.49. The standard InChI is InChI=1S/C24H22ClF2N3O5/c1-32-6-2-3-12-7-15(26)13(16(27)8-12)4-5-17-14(25)9-18-23(28-17)30-24(29-18)35-20-11-34-21-19(31)10-33-22(20)21/h7-9,19-22,31H,4-6,10-11H2,1H3,(H,28,29,30)/t19-,20-,21-,22-/m1/s1. The first-order chi connectivity index (χ1) is 16.9. The lowest BCUT2D eigenvalue weighted by Gasteiger charge is -2.15. The van der Waals surface area contributed by atoms with Crippen LogP contribution in [0.1, 0.15) is 16.8 Å². The number of halogens is 3. The van der Waals surface area contributed by atoms with Crippen LogP contribution < -0.4 is 4.74 Å². The van der Waals surface area contributed by atoms with Crippen molar-refractivity contribution < 1.29 is 32.8 Å². The first-order valence-corrected chi connectivity index (χ1v) is 11.4. The van der Waals surface area contributed by atoms with Crippen molar-refractivity contribution in [3.8, 4) is 17.9 Å². The van der Waals surface area contributed by atoms with Crippen molar-refractivity contribution in [2.45, 2.75) is 37.3 Å². The molecule has 2 aliphatic heterocycles. The molecule has 0 unspecified atom stereocenters. The largest absolute Gasteiger partial charge is 0.456 e. The van der Waals surface area contributed by atoms with E-state index in [2.05, 4.69) is 26.8 Å². The summed E-state index contributed by atoms with van der Waals surface area (Å²) < 4.78 is 50.9. The van der Waals surface area contributed by atoms with E-state index in [1.165, 1.54) is 19.2 Å². The first kappa shape index (κ1) is 23.9. The Morgan fingerprint density at radius 3 is 2.69 bits per heavy atom. The highest BCUT2D eigenvalue weighted by molar-refractivity contribution is 6.31. The average molecular weight is 506 g/mol. The fourth-order valence-electron chi connectivity index (χ4n) is 4.22. The van der Waals surface area contributed by atoms with Gasteiger partial charge in [-0.3, -0.25) is 0 Å². The SMILES string of the molecule is COCC#Cc1cc(F)c(CCc2nc3nc(O[C@@H]4CO[C@H]5[C@@H]4OC[C@H]5O)[nH]c3cc2Cl)c(F)c1. The molecule has 2 saturated heterocycles. The third-order valence-electron chi connectivity index (χ3n) is 5.92. The summed E-state index contributed by atoms with van der Waals surface area (Å²) in [5.41, 5.74) is 1.52. The number of aromatic nitrogens is 3. The molecule has 5 rings (SSSR count). The summed E-state index contributed by atoms with van der Waals surface area (Å²) in [6, 6.07) is 4.24. The molecule has 0 spiro atoms. The second-order valence-electron chi connectivity index (χ2n) is 8.30. The molecule has 184 valence electrons. The van der Waals surface area contributed by atoms with Crippen LogP contribution in [0.5, 0.6) is 6.01 Å². The van der Waals surface area contributed by atoms with Gasteiger partial charge in [0, 0.05) is 18.2 Å². The molecule has 0 amide bonds. The van der Waals surface area contributed by atoms with Gasteiger partial charge in [0.15, 0.2) is 11.8 Å². The van der Waals surface area contributed by atoms with Gasteiger partial charge in [0.05, 0.1) is 29.4 Å². The Morgan fingerprint density at radius 1 is 1.14 bits per heavy atom. The Labute approximate surface area is 204 Å². The number of aliphatic hydroxyl groups excluding tert-OH is 1. The topological polar surface area (TPSA) is 98.7 Å². The number of H-pyrrole nitrogens is 1. The third-order valence-corrected chi connectivity index (χ3v) is 6.25. The van der Waals surface area contributed by atoms with E-state index in [0.717, 1.165) is 0 Å². The maximum absolute atomic E-state index is 14.5. The van der Waals surface area contributed by atoms with Crippen LogP contribution in [0.3, 0.4) is 0 Å². The normalized spacial score (nSPS) is 23.3. The summed E-state index contributed by atoms with van der Waals surface area (Å²) in [6.07, 6.45) is -1.66. The van der Waals surface area contributed by atoms with Gasteiger partial charge in [0.1, 0.15) is 36.6 Å². The highest BCUT2D eigenvalue weighted by atomic mass is 35.5. The van der Waals surface area contributed by atoms with Crippen LogP contribution in [0.15, 0.2) is 18.2 Å². The molecule has 2 N–H and O–H groups in total. The first-order valence-electron chi connectivity index (χ1n) is 11.0. The third kappa shape index (κ3) is 4.96. The zero-order valence-electron chi connectivity index (χ0n) is 18.7. The Balaban J connectivity index is 1.29.